The minimum atomic E-state index is -1.06. The van der Waals surface area contributed by atoms with Crippen LogP contribution < -0.4 is 0 Å². The Bertz CT molecular complexity index is 792. The van der Waals surface area contributed by atoms with E-state index >= 15 is 0 Å². The molecule has 8 heteroatoms. The number of carboxylic acid groups (broad SMARTS) is 1. The molecule has 0 aliphatic rings. The predicted molar refractivity (Wildman–Crippen MR) is 67.2 cm³/mol. The summed E-state index contributed by atoms with van der Waals surface area (Å²) in [4.78, 5) is 11.1. The number of fused-ring (bicyclic) bond motifs is 1. The third kappa shape index (κ3) is 1.75. The summed E-state index contributed by atoms with van der Waals surface area (Å²) in [5, 5.41) is 21.3. The van der Waals surface area contributed by atoms with Crippen molar-refractivity contribution in [2.45, 2.75) is 0 Å². The molecular formula is C11H8ClN5O2. The average molecular weight is 278 g/mol. The van der Waals surface area contributed by atoms with Gasteiger partial charge < -0.3 is 5.11 Å². The molecule has 7 nitrogen and oxygen atoms in total. The number of aromatic nitrogens is 5. The van der Waals surface area contributed by atoms with Crippen LogP contribution in [0.1, 0.15) is 10.4 Å². The Morgan fingerprint density at radius 3 is 2.84 bits per heavy atom. The van der Waals surface area contributed by atoms with Gasteiger partial charge >= 0.3 is 5.97 Å². The average Bonchev–Trinajstić information content (AvgIpc) is 2.94. The quantitative estimate of drug-likeness (QED) is 0.767. The molecule has 96 valence electrons. The molecule has 0 fully saturated rings. The highest BCUT2D eigenvalue weighted by molar-refractivity contribution is 6.33. The van der Waals surface area contributed by atoms with E-state index in [1.165, 1.54) is 12.3 Å². The molecular weight excluding hydrogens is 270 g/mol. The molecule has 3 aromatic heterocycles. The van der Waals surface area contributed by atoms with Gasteiger partial charge in [-0.1, -0.05) is 11.6 Å². The Balaban J connectivity index is 2.33. The Labute approximate surface area is 112 Å². The molecule has 3 heterocycles. The van der Waals surface area contributed by atoms with E-state index < -0.39 is 5.97 Å². The Kier molecular flexibility index (Phi) is 2.49. The molecule has 0 aliphatic carbocycles. The molecule has 0 unspecified atom stereocenters. The van der Waals surface area contributed by atoms with Crippen LogP contribution in [-0.4, -0.2) is 35.5 Å². The first-order valence-electron chi connectivity index (χ1n) is 5.34. The fourth-order valence-corrected chi connectivity index (χ4v) is 2.09. The number of hydrogen-bond donors (Lipinski definition) is 1. The molecule has 0 bridgehead atoms. The predicted octanol–water partition coefficient (Wildman–Crippen LogP) is 1.48. The molecule has 0 saturated carbocycles. The van der Waals surface area contributed by atoms with Crippen molar-refractivity contribution in [3.63, 3.8) is 0 Å². The second kappa shape index (κ2) is 4.06. The molecule has 3 aromatic rings. The SMILES string of the molecule is Cn1nccc1-c1nnc2c(Cl)cc(C(=O)O)cn12. The number of nitrogens with zero attached hydrogens (tertiary/aromatic N) is 5. The molecule has 0 amide bonds. The third-order valence-electron chi connectivity index (χ3n) is 2.76. The molecule has 0 aliphatic heterocycles. The molecule has 0 atom stereocenters. The number of aryl methyl sites for hydroxylation is 1. The highest BCUT2D eigenvalue weighted by atomic mass is 35.5. The Morgan fingerprint density at radius 1 is 1.42 bits per heavy atom. The van der Waals surface area contributed by atoms with E-state index in [0.29, 0.717) is 17.2 Å². The number of carbonyl (C=O) groups is 1. The smallest absolute Gasteiger partial charge is 0.337 e. The highest BCUT2D eigenvalue weighted by Gasteiger charge is 2.16. The third-order valence-corrected chi connectivity index (χ3v) is 3.03. The van der Waals surface area contributed by atoms with Gasteiger partial charge in [-0.15, -0.1) is 10.2 Å². The largest absolute Gasteiger partial charge is 0.478 e. The number of hydrogen-bond acceptors (Lipinski definition) is 4. The number of rotatable bonds is 2. The highest BCUT2D eigenvalue weighted by Crippen LogP contribution is 2.23. The van der Waals surface area contributed by atoms with E-state index in [1.54, 1.807) is 28.4 Å². The van der Waals surface area contributed by atoms with Crippen molar-refractivity contribution in [2.24, 2.45) is 7.05 Å². The number of halogens is 1. The fraction of sp³-hybridized carbons (Fsp3) is 0.0909. The summed E-state index contributed by atoms with van der Waals surface area (Å²) < 4.78 is 3.17. The van der Waals surface area contributed by atoms with Gasteiger partial charge in [0.25, 0.3) is 0 Å². The van der Waals surface area contributed by atoms with Crippen molar-refractivity contribution in [1.82, 2.24) is 24.4 Å². The van der Waals surface area contributed by atoms with Crippen LogP contribution in [0.2, 0.25) is 5.02 Å². The topological polar surface area (TPSA) is 85.3 Å². The van der Waals surface area contributed by atoms with Crippen LogP contribution in [0.5, 0.6) is 0 Å². The van der Waals surface area contributed by atoms with Crippen molar-refractivity contribution in [1.29, 1.82) is 0 Å². The van der Waals surface area contributed by atoms with Crippen molar-refractivity contribution < 1.29 is 9.90 Å². The van der Waals surface area contributed by atoms with Crippen LogP contribution in [0.15, 0.2) is 24.5 Å². The van der Waals surface area contributed by atoms with Crippen molar-refractivity contribution >= 4 is 23.2 Å². The zero-order valence-corrected chi connectivity index (χ0v) is 10.5. The standard InChI is InChI=1S/C11H8ClN5O2/c1-16-8(2-3-13-16)10-15-14-9-7(12)4-6(11(18)19)5-17(9)10/h2-5H,1H3,(H,18,19). The van der Waals surface area contributed by atoms with Gasteiger partial charge in [0.2, 0.25) is 0 Å². The van der Waals surface area contributed by atoms with Crippen LogP contribution in [-0.2, 0) is 7.05 Å². The maximum absolute atomic E-state index is 11.1. The maximum Gasteiger partial charge on any atom is 0.337 e. The van der Waals surface area contributed by atoms with Crippen LogP contribution in [0.3, 0.4) is 0 Å². The number of pyridine rings is 1. The first kappa shape index (κ1) is 11.7. The Hall–Kier alpha value is -2.41. The number of carboxylic acids is 1. The molecule has 3 rings (SSSR count). The minimum Gasteiger partial charge on any atom is -0.478 e. The first-order valence-corrected chi connectivity index (χ1v) is 5.71. The summed E-state index contributed by atoms with van der Waals surface area (Å²) >= 11 is 6.01. The molecule has 19 heavy (non-hydrogen) atoms. The molecule has 1 N–H and O–H groups in total. The van der Waals surface area contributed by atoms with Gasteiger partial charge in [-0.2, -0.15) is 5.10 Å². The lowest BCUT2D eigenvalue weighted by Gasteiger charge is -2.03. The second-order valence-electron chi connectivity index (χ2n) is 3.94. The van der Waals surface area contributed by atoms with Crippen LogP contribution in [0.25, 0.3) is 17.2 Å². The normalized spacial score (nSPS) is 11.1. The lowest BCUT2D eigenvalue weighted by Crippen LogP contribution is -2.02. The van der Waals surface area contributed by atoms with Gasteiger partial charge in [-0.25, -0.2) is 4.79 Å². The zero-order valence-electron chi connectivity index (χ0n) is 9.78. The maximum atomic E-state index is 11.1. The van der Waals surface area contributed by atoms with E-state index in [2.05, 4.69) is 15.3 Å². The fourth-order valence-electron chi connectivity index (χ4n) is 1.84. The van der Waals surface area contributed by atoms with Gasteiger partial charge in [0, 0.05) is 19.4 Å². The van der Waals surface area contributed by atoms with E-state index in [9.17, 15) is 4.79 Å². The summed E-state index contributed by atoms with van der Waals surface area (Å²) in [5.74, 6) is -0.576. The summed E-state index contributed by atoms with van der Waals surface area (Å²) in [5.41, 5.74) is 1.19. The lowest BCUT2D eigenvalue weighted by atomic mass is 10.3. The second-order valence-corrected chi connectivity index (χ2v) is 4.35. The van der Waals surface area contributed by atoms with E-state index in [1.807, 2.05) is 0 Å². The summed E-state index contributed by atoms with van der Waals surface area (Å²) in [7, 11) is 1.76. The van der Waals surface area contributed by atoms with Gasteiger partial charge in [-0.3, -0.25) is 9.08 Å². The first-order chi connectivity index (χ1) is 9.08. The van der Waals surface area contributed by atoms with Crippen LogP contribution in [0, 0.1) is 0 Å². The van der Waals surface area contributed by atoms with Crippen LogP contribution >= 0.6 is 11.6 Å². The molecule has 0 spiro atoms. The van der Waals surface area contributed by atoms with Gasteiger partial charge in [0.15, 0.2) is 11.5 Å². The van der Waals surface area contributed by atoms with E-state index in [4.69, 9.17) is 16.7 Å². The van der Waals surface area contributed by atoms with Crippen molar-refractivity contribution in [3.05, 3.63) is 35.1 Å². The van der Waals surface area contributed by atoms with Crippen molar-refractivity contribution in [3.8, 4) is 11.5 Å². The van der Waals surface area contributed by atoms with Gasteiger partial charge in [-0.05, 0) is 12.1 Å². The number of aromatic carboxylic acids is 1. The summed E-state index contributed by atoms with van der Waals surface area (Å²) in [6, 6.07) is 3.11. The monoisotopic (exact) mass is 277 g/mol. The van der Waals surface area contributed by atoms with Crippen LogP contribution in [0.4, 0.5) is 0 Å². The summed E-state index contributed by atoms with van der Waals surface area (Å²) in [6.45, 7) is 0. The van der Waals surface area contributed by atoms with E-state index in [0.717, 1.165) is 0 Å². The van der Waals surface area contributed by atoms with Gasteiger partial charge in [0.05, 0.1) is 10.6 Å². The lowest BCUT2D eigenvalue weighted by molar-refractivity contribution is 0.0696. The molecule has 0 radical (unpaired) electrons. The van der Waals surface area contributed by atoms with Crippen molar-refractivity contribution in [2.75, 3.05) is 0 Å². The Morgan fingerprint density at radius 2 is 2.21 bits per heavy atom. The van der Waals surface area contributed by atoms with Gasteiger partial charge in [0.1, 0.15) is 5.69 Å². The molecule has 0 aromatic carbocycles. The van der Waals surface area contributed by atoms with E-state index in [-0.39, 0.29) is 10.6 Å². The minimum absolute atomic E-state index is 0.0701. The summed E-state index contributed by atoms with van der Waals surface area (Å²) in [6.07, 6.45) is 3.06. The zero-order chi connectivity index (χ0) is 13.6. The molecule has 0 saturated heterocycles.